The van der Waals surface area contributed by atoms with Crippen molar-refractivity contribution in [3.63, 3.8) is 0 Å². The van der Waals surface area contributed by atoms with Gasteiger partial charge in [0.1, 0.15) is 5.82 Å². The molecule has 0 saturated carbocycles. The van der Waals surface area contributed by atoms with Gasteiger partial charge in [-0.15, -0.1) is 0 Å². The summed E-state index contributed by atoms with van der Waals surface area (Å²) < 4.78 is 30.1. The molecule has 0 aliphatic carbocycles. The lowest BCUT2D eigenvalue weighted by Gasteiger charge is -2.45. The van der Waals surface area contributed by atoms with Crippen LogP contribution in [0.25, 0.3) is 11.0 Å². The van der Waals surface area contributed by atoms with Crippen LogP contribution in [0, 0.1) is 5.82 Å². The molecule has 1 saturated heterocycles. The van der Waals surface area contributed by atoms with E-state index in [0.29, 0.717) is 34.3 Å². The Morgan fingerprint density at radius 3 is 2.27 bits per heavy atom. The summed E-state index contributed by atoms with van der Waals surface area (Å²) in [5.74, 6) is 1.65. The predicted octanol–water partition coefficient (Wildman–Crippen LogP) is 8.14. The molecule has 4 aromatic carbocycles. The number of piperidine rings is 1. The number of carbonyl (C=O) groups excluding carboxylic acids is 1. The zero-order valence-electron chi connectivity index (χ0n) is 29.7. The van der Waals surface area contributed by atoms with Gasteiger partial charge in [-0.05, 0) is 84.8 Å². The number of anilines is 1. The highest BCUT2D eigenvalue weighted by atomic mass is 35.5. The largest absolute Gasteiger partial charge is 0.493 e. The van der Waals surface area contributed by atoms with Crippen molar-refractivity contribution in [2.75, 3.05) is 46.8 Å². The van der Waals surface area contributed by atoms with Crippen LogP contribution in [0.1, 0.15) is 59.2 Å². The zero-order valence-corrected chi connectivity index (χ0v) is 30.5. The molecule has 9 nitrogen and oxygen atoms in total. The molecule has 1 aliphatic heterocycles. The molecule has 2 N–H and O–H groups in total. The average Bonchev–Trinajstić information content (AvgIpc) is 3.57. The molecule has 2 heterocycles. The molecule has 1 amide bonds. The first-order valence-corrected chi connectivity index (χ1v) is 17.7. The number of rotatable bonds is 13. The highest BCUT2D eigenvalue weighted by molar-refractivity contribution is 6.30. The molecule has 1 aliphatic rings. The summed E-state index contributed by atoms with van der Waals surface area (Å²) in [6.07, 6.45) is 2.97. The molecular formula is C40H45ClFN5O4. The Hall–Kier alpha value is -4.80. The SMILES string of the molecule is CCC(c1ccc(Cl)cc1)C(N1CCC(Nc2nc3c(Cc4ccc(F)cc4)cccc3[nH]2)CC1)N(C)C(=O)c1cc(OC)c(OC)c(OC)c1. The molecule has 2 atom stereocenters. The van der Waals surface area contributed by atoms with E-state index in [4.69, 9.17) is 30.8 Å². The van der Waals surface area contributed by atoms with Gasteiger partial charge >= 0.3 is 0 Å². The number of fused-ring (bicyclic) bond motifs is 1. The number of likely N-dealkylation sites (tertiary alicyclic amines) is 1. The fourth-order valence-corrected chi connectivity index (χ4v) is 7.38. The molecule has 0 radical (unpaired) electrons. The number of hydrogen-bond donors (Lipinski definition) is 2. The summed E-state index contributed by atoms with van der Waals surface area (Å²) in [7, 11) is 6.50. The third-order valence-electron chi connectivity index (χ3n) is 9.88. The van der Waals surface area contributed by atoms with Crippen LogP contribution in [0.3, 0.4) is 0 Å². The number of amides is 1. The van der Waals surface area contributed by atoms with E-state index in [2.05, 4.69) is 40.3 Å². The molecule has 0 bridgehead atoms. The molecule has 268 valence electrons. The van der Waals surface area contributed by atoms with E-state index in [-0.39, 0.29) is 29.8 Å². The van der Waals surface area contributed by atoms with Gasteiger partial charge < -0.3 is 29.4 Å². The van der Waals surface area contributed by atoms with E-state index in [1.54, 1.807) is 33.5 Å². The van der Waals surface area contributed by atoms with Crippen LogP contribution in [0.2, 0.25) is 5.02 Å². The first-order valence-electron chi connectivity index (χ1n) is 17.3. The topological polar surface area (TPSA) is 92.0 Å². The van der Waals surface area contributed by atoms with E-state index in [1.165, 1.54) is 12.1 Å². The van der Waals surface area contributed by atoms with Crippen LogP contribution in [0.15, 0.2) is 78.9 Å². The van der Waals surface area contributed by atoms with Crippen LogP contribution in [0.5, 0.6) is 17.2 Å². The van der Waals surface area contributed by atoms with Gasteiger partial charge in [-0.1, -0.05) is 54.9 Å². The molecule has 2 unspecified atom stereocenters. The van der Waals surface area contributed by atoms with Gasteiger partial charge in [0.15, 0.2) is 11.5 Å². The first-order chi connectivity index (χ1) is 24.7. The van der Waals surface area contributed by atoms with Gasteiger partial charge in [0.05, 0.1) is 38.5 Å². The summed E-state index contributed by atoms with van der Waals surface area (Å²) >= 11 is 6.29. The van der Waals surface area contributed by atoms with Crippen molar-refractivity contribution >= 4 is 34.5 Å². The number of aromatic nitrogens is 2. The van der Waals surface area contributed by atoms with E-state index >= 15 is 0 Å². The number of methoxy groups -OCH3 is 3. The number of nitrogens with one attached hydrogen (secondary N) is 2. The monoisotopic (exact) mass is 713 g/mol. The van der Waals surface area contributed by atoms with Gasteiger partial charge in [-0.25, -0.2) is 9.37 Å². The second-order valence-electron chi connectivity index (χ2n) is 13.0. The predicted molar refractivity (Wildman–Crippen MR) is 200 cm³/mol. The van der Waals surface area contributed by atoms with Crippen molar-refractivity contribution in [3.05, 3.63) is 112 Å². The molecule has 5 aromatic rings. The number of imidazole rings is 1. The fraction of sp³-hybridized carbons (Fsp3) is 0.350. The molecule has 11 heteroatoms. The third kappa shape index (κ3) is 7.92. The average molecular weight is 714 g/mol. The Bertz CT molecular complexity index is 1920. The summed E-state index contributed by atoms with van der Waals surface area (Å²) in [5, 5.41) is 4.32. The van der Waals surface area contributed by atoms with Crippen molar-refractivity contribution in [3.8, 4) is 17.2 Å². The molecular weight excluding hydrogens is 669 g/mol. The van der Waals surface area contributed by atoms with E-state index in [0.717, 1.165) is 66.0 Å². The number of aromatic amines is 1. The maximum atomic E-state index is 14.3. The fourth-order valence-electron chi connectivity index (χ4n) is 7.25. The molecule has 1 aromatic heterocycles. The second kappa shape index (κ2) is 16.0. The minimum absolute atomic E-state index is 0.0256. The normalized spacial score (nSPS) is 15.0. The maximum Gasteiger partial charge on any atom is 0.255 e. The second-order valence-corrected chi connectivity index (χ2v) is 13.4. The maximum absolute atomic E-state index is 14.3. The number of nitrogens with zero attached hydrogens (tertiary/aromatic N) is 3. The van der Waals surface area contributed by atoms with Crippen LogP contribution in [0.4, 0.5) is 10.3 Å². The smallest absolute Gasteiger partial charge is 0.255 e. The lowest BCUT2D eigenvalue weighted by atomic mass is 9.90. The molecule has 51 heavy (non-hydrogen) atoms. The zero-order chi connectivity index (χ0) is 36.1. The summed E-state index contributed by atoms with van der Waals surface area (Å²) in [6.45, 7) is 3.70. The number of carbonyl (C=O) groups is 1. The Morgan fingerprint density at radius 2 is 1.67 bits per heavy atom. The summed E-state index contributed by atoms with van der Waals surface area (Å²) in [6, 6.07) is 24.2. The minimum Gasteiger partial charge on any atom is -0.493 e. The van der Waals surface area contributed by atoms with Gasteiger partial charge in [-0.3, -0.25) is 9.69 Å². The lowest BCUT2D eigenvalue weighted by molar-refractivity contribution is 0.0200. The lowest BCUT2D eigenvalue weighted by Crippen LogP contribution is -2.55. The van der Waals surface area contributed by atoms with Crippen molar-refractivity contribution in [2.24, 2.45) is 0 Å². The number of likely N-dealkylation sites (N-methyl/N-ethyl adjacent to an activating group) is 1. The number of hydrogen-bond acceptors (Lipinski definition) is 7. The Kier molecular flexibility index (Phi) is 11.3. The van der Waals surface area contributed by atoms with E-state index in [9.17, 15) is 9.18 Å². The number of H-pyrrole nitrogens is 1. The van der Waals surface area contributed by atoms with Gasteiger partial charge in [0.25, 0.3) is 5.91 Å². The van der Waals surface area contributed by atoms with Gasteiger partial charge in [0.2, 0.25) is 11.7 Å². The first kappa shape index (κ1) is 36.0. The van der Waals surface area contributed by atoms with E-state index < -0.39 is 0 Å². The number of ether oxygens (including phenoxy) is 3. The Labute approximate surface area is 303 Å². The quantitative estimate of drug-likeness (QED) is 0.127. The van der Waals surface area contributed by atoms with Crippen molar-refractivity contribution in [2.45, 2.75) is 50.7 Å². The summed E-state index contributed by atoms with van der Waals surface area (Å²) in [5.41, 5.74) is 5.53. The number of halogens is 2. The van der Waals surface area contributed by atoms with Crippen molar-refractivity contribution in [1.29, 1.82) is 0 Å². The standard InChI is InChI=1S/C40H45ClFN5O4/c1-6-32(26-12-14-29(41)15-13-26)38(46(2)39(48)28-23-34(49-3)37(51-5)35(24-28)50-4)47-20-18-31(19-21-47)43-40-44-33-9-7-8-27(36(33)45-40)22-25-10-16-30(42)17-11-25/h7-17,23-24,31-32,38H,6,18-22H2,1-5H3,(H2,43,44,45). The van der Waals surface area contributed by atoms with Crippen LogP contribution >= 0.6 is 11.6 Å². The van der Waals surface area contributed by atoms with Crippen LogP contribution < -0.4 is 19.5 Å². The van der Waals surface area contributed by atoms with Gasteiger partial charge in [-0.2, -0.15) is 0 Å². The van der Waals surface area contributed by atoms with E-state index in [1.807, 2.05) is 48.3 Å². The molecule has 6 rings (SSSR count). The van der Waals surface area contributed by atoms with Crippen molar-refractivity contribution < 1.29 is 23.4 Å². The highest BCUT2D eigenvalue weighted by Crippen LogP contribution is 2.39. The van der Waals surface area contributed by atoms with Crippen LogP contribution in [-0.2, 0) is 6.42 Å². The third-order valence-corrected chi connectivity index (χ3v) is 10.1. The number of para-hydroxylation sites is 1. The summed E-state index contributed by atoms with van der Waals surface area (Å²) in [4.78, 5) is 27.0. The van der Waals surface area contributed by atoms with Crippen LogP contribution in [-0.4, -0.2) is 79.3 Å². The molecule has 0 spiro atoms. The van der Waals surface area contributed by atoms with Crippen molar-refractivity contribution in [1.82, 2.24) is 19.8 Å². The Balaban J connectivity index is 1.22. The molecule has 1 fully saturated rings. The van der Waals surface area contributed by atoms with Gasteiger partial charge in [0, 0.05) is 42.7 Å². The Morgan fingerprint density at radius 1 is 1.00 bits per heavy atom. The minimum atomic E-state index is -0.243. The highest BCUT2D eigenvalue weighted by Gasteiger charge is 2.36. The number of benzene rings is 4.